The molecule has 0 unspecified atom stereocenters. The molecule has 6 nitrogen and oxygen atoms in total. The molecule has 3 N–H and O–H groups in total. The summed E-state index contributed by atoms with van der Waals surface area (Å²) >= 11 is 0. The smallest absolute Gasteiger partial charge is 0.193 e. The van der Waals surface area contributed by atoms with Gasteiger partial charge in [-0.1, -0.05) is 6.07 Å². The van der Waals surface area contributed by atoms with Gasteiger partial charge in [-0.25, -0.2) is 4.99 Å². The molecule has 1 aliphatic carbocycles. The van der Waals surface area contributed by atoms with Gasteiger partial charge < -0.3 is 25.3 Å². The zero-order valence-electron chi connectivity index (χ0n) is 17.5. The molecule has 0 spiro atoms. The average Bonchev–Trinajstić information content (AvgIpc) is 3.21. The molecule has 0 heterocycles. The van der Waals surface area contributed by atoms with E-state index in [1.165, 1.54) is 12.8 Å². The van der Waals surface area contributed by atoms with Crippen molar-refractivity contribution in [2.45, 2.75) is 58.3 Å². The van der Waals surface area contributed by atoms with Gasteiger partial charge in [0.15, 0.2) is 17.5 Å². The number of aliphatic imine (C=N–C) groups is 1. The van der Waals surface area contributed by atoms with Gasteiger partial charge in [-0.15, -0.1) is 0 Å². The number of hydrogen-bond donors (Lipinski definition) is 2. The second-order valence-corrected chi connectivity index (χ2v) is 7.53. The maximum absolute atomic E-state index is 6.15. The number of methoxy groups -OCH3 is 1. The van der Waals surface area contributed by atoms with Gasteiger partial charge in [-0.05, 0) is 81.5 Å². The van der Waals surface area contributed by atoms with E-state index in [0.29, 0.717) is 12.5 Å². The lowest BCUT2D eigenvalue weighted by Gasteiger charge is -2.16. The molecule has 2 aromatic carbocycles. The van der Waals surface area contributed by atoms with Crippen molar-refractivity contribution in [1.29, 1.82) is 0 Å². The van der Waals surface area contributed by atoms with Crippen LogP contribution in [0.15, 0.2) is 47.5 Å². The number of nitrogens with one attached hydrogen (secondary N) is 1. The zero-order chi connectivity index (χ0) is 20.6. The van der Waals surface area contributed by atoms with Crippen LogP contribution < -0.4 is 25.3 Å². The van der Waals surface area contributed by atoms with Gasteiger partial charge in [0.05, 0.1) is 25.9 Å². The monoisotopic (exact) mass is 397 g/mol. The Labute approximate surface area is 173 Å². The zero-order valence-corrected chi connectivity index (χ0v) is 17.5. The molecule has 0 radical (unpaired) electrons. The molecule has 0 bridgehead atoms. The minimum absolute atomic E-state index is 0.146. The Bertz CT molecular complexity index is 813. The van der Waals surface area contributed by atoms with Crippen LogP contribution in [0.2, 0.25) is 0 Å². The summed E-state index contributed by atoms with van der Waals surface area (Å²) in [5.41, 5.74) is 7.93. The third kappa shape index (κ3) is 6.31. The standard InChI is InChI=1S/C23H31N3O3/c1-16(2)28-20-11-9-18(10-12-20)26-23(24)25-15-17-8-13-21(27-3)22(14-17)29-19-6-4-5-7-19/h8-14,16,19H,4-7,15H2,1-3H3,(H3,24,25,26). The highest BCUT2D eigenvalue weighted by molar-refractivity contribution is 5.92. The third-order valence-corrected chi connectivity index (χ3v) is 4.75. The summed E-state index contributed by atoms with van der Waals surface area (Å²) in [5, 5.41) is 3.10. The minimum atomic E-state index is 0.146. The number of nitrogens with zero attached hydrogens (tertiary/aromatic N) is 1. The fourth-order valence-electron chi connectivity index (χ4n) is 3.35. The molecule has 0 saturated heterocycles. The van der Waals surface area contributed by atoms with Crippen LogP contribution in [0.5, 0.6) is 17.2 Å². The number of anilines is 1. The molecule has 3 rings (SSSR count). The summed E-state index contributed by atoms with van der Waals surface area (Å²) in [6.45, 7) is 4.46. The Morgan fingerprint density at radius 3 is 2.48 bits per heavy atom. The summed E-state index contributed by atoms with van der Waals surface area (Å²) in [4.78, 5) is 4.44. The molecule has 0 aliphatic heterocycles. The SMILES string of the molecule is COc1ccc(CN=C(N)Nc2ccc(OC(C)C)cc2)cc1OC1CCCC1. The van der Waals surface area contributed by atoms with E-state index in [4.69, 9.17) is 19.9 Å². The first-order valence-corrected chi connectivity index (χ1v) is 10.2. The summed E-state index contributed by atoms with van der Waals surface area (Å²) < 4.78 is 17.2. The van der Waals surface area contributed by atoms with Gasteiger partial charge in [0.25, 0.3) is 0 Å². The molecule has 29 heavy (non-hydrogen) atoms. The van der Waals surface area contributed by atoms with Gasteiger partial charge >= 0.3 is 0 Å². The van der Waals surface area contributed by atoms with Crippen molar-refractivity contribution < 1.29 is 14.2 Å². The van der Waals surface area contributed by atoms with Gasteiger partial charge in [-0.2, -0.15) is 0 Å². The van der Waals surface area contributed by atoms with Gasteiger partial charge in [0.2, 0.25) is 0 Å². The molecule has 0 aromatic heterocycles. The maximum atomic E-state index is 6.15. The van der Waals surface area contributed by atoms with Crippen molar-refractivity contribution in [3.63, 3.8) is 0 Å². The predicted octanol–water partition coefficient (Wildman–Crippen LogP) is 4.73. The summed E-state index contributed by atoms with van der Waals surface area (Å²) in [5.74, 6) is 2.71. The number of benzene rings is 2. The van der Waals surface area contributed by atoms with Crippen molar-refractivity contribution >= 4 is 11.6 Å². The Morgan fingerprint density at radius 2 is 1.83 bits per heavy atom. The van der Waals surface area contributed by atoms with Crippen molar-refractivity contribution in [3.8, 4) is 17.2 Å². The van der Waals surface area contributed by atoms with E-state index >= 15 is 0 Å². The predicted molar refractivity (Wildman–Crippen MR) is 117 cm³/mol. The first-order chi connectivity index (χ1) is 14.0. The topological polar surface area (TPSA) is 78.1 Å². The summed E-state index contributed by atoms with van der Waals surface area (Å²) in [6.07, 6.45) is 5.07. The van der Waals surface area contributed by atoms with Crippen LogP contribution in [0.3, 0.4) is 0 Å². The van der Waals surface area contributed by atoms with Crippen LogP contribution in [0, 0.1) is 0 Å². The van der Waals surface area contributed by atoms with Gasteiger partial charge in [0, 0.05) is 5.69 Å². The number of ether oxygens (including phenoxy) is 3. The summed E-state index contributed by atoms with van der Waals surface area (Å²) in [6, 6.07) is 13.5. The van der Waals surface area contributed by atoms with E-state index in [1.807, 2.05) is 56.3 Å². The molecule has 156 valence electrons. The Morgan fingerprint density at radius 1 is 1.10 bits per heavy atom. The maximum Gasteiger partial charge on any atom is 0.193 e. The number of rotatable bonds is 8. The second kappa shape index (κ2) is 10.0. The minimum Gasteiger partial charge on any atom is -0.493 e. The summed E-state index contributed by atoms with van der Waals surface area (Å²) in [7, 11) is 1.66. The van der Waals surface area contributed by atoms with Crippen LogP contribution in [0.25, 0.3) is 0 Å². The third-order valence-electron chi connectivity index (χ3n) is 4.75. The normalized spacial score (nSPS) is 14.8. The number of guanidine groups is 1. The molecule has 1 saturated carbocycles. The van der Waals surface area contributed by atoms with E-state index in [1.54, 1.807) is 7.11 Å². The fraction of sp³-hybridized carbons (Fsp3) is 0.435. The fourth-order valence-corrected chi connectivity index (χ4v) is 3.35. The number of hydrogen-bond acceptors (Lipinski definition) is 4. The molecule has 2 aromatic rings. The van der Waals surface area contributed by atoms with Crippen molar-refractivity contribution in [2.24, 2.45) is 10.7 Å². The Balaban J connectivity index is 1.60. The quantitative estimate of drug-likeness (QED) is 0.497. The van der Waals surface area contributed by atoms with Crippen LogP contribution in [0.1, 0.15) is 45.1 Å². The molecule has 1 fully saturated rings. The Hall–Kier alpha value is -2.89. The molecule has 0 amide bonds. The lowest BCUT2D eigenvalue weighted by atomic mass is 10.2. The second-order valence-electron chi connectivity index (χ2n) is 7.53. The van der Waals surface area contributed by atoms with Crippen molar-refractivity contribution in [2.75, 3.05) is 12.4 Å². The highest BCUT2D eigenvalue weighted by Crippen LogP contribution is 2.32. The highest BCUT2D eigenvalue weighted by atomic mass is 16.5. The van der Waals surface area contributed by atoms with Gasteiger partial charge in [-0.3, -0.25) is 0 Å². The van der Waals surface area contributed by atoms with Crippen LogP contribution in [-0.2, 0) is 6.54 Å². The average molecular weight is 398 g/mol. The highest BCUT2D eigenvalue weighted by Gasteiger charge is 2.18. The van der Waals surface area contributed by atoms with E-state index < -0.39 is 0 Å². The first kappa shape index (κ1) is 20.8. The lowest BCUT2D eigenvalue weighted by Crippen LogP contribution is -2.22. The Kier molecular flexibility index (Phi) is 7.22. The van der Waals surface area contributed by atoms with E-state index in [-0.39, 0.29) is 12.2 Å². The molecular formula is C23H31N3O3. The molecule has 6 heteroatoms. The van der Waals surface area contributed by atoms with E-state index in [9.17, 15) is 0 Å². The number of nitrogens with two attached hydrogens (primary N) is 1. The molecule has 1 aliphatic rings. The van der Waals surface area contributed by atoms with Gasteiger partial charge in [0.1, 0.15) is 5.75 Å². The largest absolute Gasteiger partial charge is 0.493 e. The van der Waals surface area contributed by atoms with E-state index in [0.717, 1.165) is 41.3 Å². The van der Waals surface area contributed by atoms with Crippen molar-refractivity contribution in [1.82, 2.24) is 0 Å². The lowest BCUT2D eigenvalue weighted by molar-refractivity contribution is 0.200. The van der Waals surface area contributed by atoms with Crippen LogP contribution in [0.4, 0.5) is 5.69 Å². The molecule has 0 atom stereocenters. The molecular weight excluding hydrogens is 366 g/mol. The van der Waals surface area contributed by atoms with Crippen LogP contribution >= 0.6 is 0 Å². The first-order valence-electron chi connectivity index (χ1n) is 10.2. The van der Waals surface area contributed by atoms with Crippen LogP contribution in [-0.4, -0.2) is 25.3 Å². The van der Waals surface area contributed by atoms with Crippen molar-refractivity contribution in [3.05, 3.63) is 48.0 Å². The van der Waals surface area contributed by atoms with E-state index in [2.05, 4.69) is 10.3 Å².